The zero-order valence-corrected chi connectivity index (χ0v) is 17.2. The fraction of sp³-hybridized carbons (Fsp3) is 1.00. The monoisotopic (exact) mass is 363 g/mol. The van der Waals surface area contributed by atoms with Gasteiger partial charge in [-0.15, -0.1) is 0 Å². The van der Waals surface area contributed by atoms with Gasteiger partial charge < -0.3 is 15.9 Å². The van der Waals surface area contributed by atoms with Gasteiger partial charge in [-0.05, 0) is 111 Å². The van der Waals surface area contributed by atoms with Crippen LogP contribution < -0.4 is 5.73 Å². The highest BCUT2D eigenvalue weighted by atomic mass is 16.3. The van der Waals surface area contributed by atoms with E-state index in [1.165, 1.54) is 25.7 Å². The van der Waals surface area contributed by atoms with Gasteiger partial charge in [0.05, 0.1) is 12.2 Å². The summed E-state index contributed by atoms with van der Waals surface area (Å²) in [5, 5.41) is 21.4. The van der Waals surface area contributed by atoms with Crippen LogP contribution in [0.15, 0.2) is 0 Å². The summed E-state index contributed by atoms with van der Waals surface area (Å²) in [7, 11) is 0. The molecule has 4 saturated carbocycles. The predicted octanol–water partition coefficient (Wildman–Crippen LogP) is 3.96. The summed E-state index contributed by atoms with van der Waals surface area (Å²) < 4.78 is 0. The average molecular weight is 364 g/mol. The van der Waals surface area contributed by atoms with Crippen LogP contribution in [-0.2, 0) is 0 Å². The largest absolute Gasteiger partial charge is 0.393 e. The van der Waals surface area contributed by atoms with E-state index in [1.54, 1.807) is 0 Å². The van der Waals surface area contributed by atoms with E-state index in [9.17, 15) is 10.2 Å². The van der Waals surface area contributed by atoms with Crippen LogP contribution in [0.25, 0.3) is 0 Å². The average Bonchev–Trinajstić information content (AvgIpc) is 2.94. The lowest BCUT2D eigenvalue weighted by atomic mass is 9.43. The van der Waals surface area contributed by atoms with Gasteiger partial charge in [0, 0.05) is 0 Å². The molecule has 0 spiro atoms. The van der Waals surface area contributed by atoms with Crippen molar-refractivity contribution in [2.45, 2.75) is 90.8 Å². The Hall–Kier alpha value is -0.120. The van der Waals surface area contributed by atoms with E-state index in [2.05, 4.69) is 20.8 Å². The smallest absolute Gasteiger partial charge is 0.0577 e. The molecule has 4 aliphatic rings. The molecular weight excluding hydrogens is 322 g/mol. The quantitative estimate of drug-likeness (QED) is 0.711. The second kappa shape index (κ2) is 6.74. The van der Waals surface area contributed by atoms with Gasteiger partial charge in [-0.25, -0.2) is 0 Å². The van der Waals surface area contributed by atoms with E-state index in [-0.39, 0.29) is 12.2 Å². The maximum Gasteiger partial charge on any atom is 0.0577 e. The van der Waals surface area contributed by atoms with Crippen molar-refractivity contribution >= 4 is 0 Å². The van der Waals surface area contributed by atoms with Crippen LogP contribution in [0.3, 0.4) is 0 Å². The summed E-state index contributed by atoms with van der Waals surface area (Å²) in [6.45, 7) is 8.26. The molecule has 150 valence electrons. The molecule has 4 aliphatic carbocycles. The number of aliphatic hydroxyl groups is 2. The molecule has 0 aromatic rings. The van der Waals surface area contributed by atoms with E-state index in [0.29, 0.717) is 40.4 Å². The Morgan fingerprint density at radius 2 is 1.65 bits per heavy atom. The minimum Gasteiger partial charge on any atom is -0.393 e. The number of fused-ring (bicyclic) bond motifs is 5. The van der Waals surface area contributed by atoms with E-state index >= 15 is 0 Å². The summed E-state index contributed by atoms with van der Waals surface area (Å²) in [5.74, 6) is 3.83. The molecule has 0 radical (unpaired) electrons. The normalized spacial score (nSPS) is 54.9. The molecule has 0 bridgehead atoms. The summed E-state index contributed by atoms with van der Waals surface area (Å²) >= 11 is 0. The summed E-state index contributed by atoms with van der Waals surface area (Å²) in [6.07, 6.45) is 10.0. The van der Waals surface area contributed by atoms with Crippen LogP contribution in [0.1, 0.15) is 78.6 Å². The van der Waals surface area contributed by atoms with Crippen LogP contribution in [0, 0.1) is 46.3 Å². The Labute approximate surface area is 160 Å². The fourth-order valence-corrected chi connectivity index (χ4v) is 8.64. The second-order valence-corrected chi connectivity index (χ2v) is 11.0. The van der Waals surface area contributed by atoms with Crippen molar-refractivity contribution in [2.24, 2.45) is 52.1 Å². The third-order valence-electron chi connectivity index (χ3n) is 10.0. The molecule has 4 rings (SSSR count). The number of hydrogen-bond donors (Lipinski definition) is 3. The molecule has 0 aliphatic heterocycles. The number of rotatable bonds is 3. The van der Waals surface area contributed by atoms with E-state index in [0.717, 1.165) is 44.6 Å². The van der Waals surface area contributed by atoms with Crippen molar-refractivity contribution in [3.8, 4) is 0 Å². The van der Waals surface area contributed by atoms with Gasteiger partial charge in [-0.3, -0.25) is 0 Å². The van der Waals surface area contributed by atoms with Gasteiger partial charge in [0.15, 0.2) is 0 Å². The van der Waals surface area contributed by atoms with Gasteiger partial charge in [-0.1, -0.05) is 20.8 Å². The molecule has 3 nitrogen and oxygen atoms in total. The Bertz CT molecular complexity index is 524. The van der Waals surface area contributed by atoms with E-state index in [4.69, 9.17) is 5.73 Å². The lowest BCUT2D eigenvalue weighted by Gasteiger charge is -2.62. The summed E-state index contributed by atoms with van der Waals surface area (Å²) in [4.78, 5) is 0. The lowest BCUT2D eigenvalue weighted by molar-refractivity contribution is -0.174. The minimum atomic E-state index is -0.156. The van der Waals surface area contributed by atoms with Crippen molar-refractivity contribution in [3.63, 3.8) is 0 Å². The van der Waals surface area contributed by atoms with Gasteiger partial charge in [-0.2, -0.15) is 0 Å². The third-order valence-corrected chi connectivity index (χ3v) is 10.0. The van der Waals surface area contributed by atoms with Crippen LogP contribution in [0.2, 0.25) is 0 Å². The molecule has 10 atom stereocenters. The summed E-state index contributed by atoms with van der Waals surface area (Å²) in [5.41, 5.74) is 6.61. The zero-order valence-electron chi connectivity index (χ0n) is 17.2. The van der Waals surface area contributed by atoms with E-state index in [1.807, 2.05) is 0 Å². The number of nitrogens with two attached hydrogens (primary N) is 1. The fourth-order valence-electron chi connectivity index (χ4n) is 8.64. The zero-order chi connectivity index (χ0) is 18.7. The maximum atomic E-state index is 11.2. The predicted molar refractivity (Wildman–Crippen MR) is 105 cm³/mol. The van der Waals surface area contributed by atoms with Crippen LogP contribution in [-0.4, -0.2) is 29.0 Å². The molecule has 4 N–H and O–H groups in total. The molecule has 0 heterocycles. The minimum absolute atomic E-state index is 0.140. The first kappa shape index (κ1) is 19.2. The second-order valence-electron chi connectivity index (χ2n) is 11.0. The van der Waals surface area contributed by atoms with Gasteiger partial charge >= 0.3 is 0 Å². The standard InChI is InChI=1S/C23H41NO2/c1-14(8-11-24)17-4-5-18-21-19(7-10-23(17,18)3)22(2)9-6-16(25)12-15(22)13-20(21)26/h14-21,25-26H,4-13,24H2,1-3H3/t14-,15+,16-,17-,18+,19+,20+,21+,22+,23-/m1/s1. The van der Waals surface area contributed by atoms with Crippen molar-refractivity contribution < 1.29 is 10.2 Å². The Morgan fingerprint density at radius 1 is 0.962 bits per heavy atom. The van der Waals surface area contributed by atoms with Crippen molar-refractivity contribution in [2.75, 3.05) is 6.54 Å². The molecule has 0 unspecified atom stereocenters. The van der Waals surface area contributed by atoms with Gasteiger partial charge in [0.1, 0.15) is 0 Å². The highest BCUT2D eigenvalue weighted by Gasteiger charge is 2.62. The Balaban J connectivity index is 1.61. The molecule has 0 amide bonds. The highest BCUT2D eigenvalue weighted by Crippen LogP contribution is 2.68. The first-order valence-electron chi connectivity index (χ1n) is 11.4. The SMILES string of the molecule is C[C@H](CCN)[C@H]1CC[C@H]2[C@@H]3[C@@H](O)C[C@@H]4C[C@H](O)CC[C@]4(C)[C@H]3CC[C@]12C. The first-order chi connectivity index (χ1) is 12.3. The van der Waals surface area contributed by atoms with Crippen molar-refractivity contribution in [1.29, 1.82) is 0 Å². The molecule has 0 aromatic heterocycles. The molecule has 3 heteroatoms. The van der Waals surface area contributed by atoms with Crippen LogP contribution >= 0.6 is 0 Å². The lowest BCUT2D eigenvalue weighted by Crippen LogP contribution is -2.58. The first-order valence-corrected chi connectivity index (χ1v) is 11.4. The number of aliphatic hydroxyl groups excluding tert-OH is 2. The van der Waals surface area contributed by atoms with Crippen molar-refractivity contribution in [3.05, 3.63) is 0 Å². The molecule has 0 saturated heterocycles. The summed E-state index contributed by atoms with van der Waals surface area (Å²) in [6, 6.07) is 0. The van der Waals surface area contributed by atoms with Crippen molar-refractivity contribution in [1.82, 2.24) is 0 Å². The highest BCUT2D eigenvalue weighted by molar-refractivity contribution is 5.11. The van der Waals surface area contributed by atoms with E-state index < -0.39 is 0 Å². The topological polar surface area (TPSA) is 66.5 Å². The van der Waals surface area contributed by atoms with Gasteiger partial charge in [0.25, 0.3) is 0 Å². The molecule has 4 fully saturated rings. The Morgan fingerprint density at radius 3 is 2.38 bits per heavy atom. The molecule has 0 aromatic carbocycles. The molecule has 26 heavy (non-hydrogen) atoms. The van der Waals surface area contributed by atoms with Crippen LogP contribution in [0.5, 0.6) is 0 Å². The maximum absolute atomic E-state index is 11.2. The van der Waals surface area contributed by atoms with Crippen LogP contribution in [0.4, 0.5) is 0 Å². The van der Waals surface area contributed by atoms with Gasteiger partial charge in [0.2, 0.25) is 0 Å². The third kappa shape index (κ3) is 2.71. The number of hydrogen-bond acceptors (Lipinski definition) is 3. The Kier molecular flexibility index (Phi) is 4.98. The molecular formula is C23H41NO2.